The Morgan fingerprint density at radius 1 is 0.313 bits per heavy atom. The van der Waals surface area contributed by atoms with Gasteiger partial charge in [0.25, 0.3) is 23.7 Å². The van der Waals surface area contributed by atoms with E-state index in [9.17, 15) is 62.3 Å². The van der Waals surface area contributed by atoms with E-state index in [1.54, 1.807) is 0 Å². The van der Waals surface area contributed by atoms with Gasteiger partial charge in [0, 0.05) is 184 Å². The van der Waals surface area contributed by atoms with E-state index in [0.717, 1.165) is 0 Å². The second-order valence-corrected chi connectivity index (χ2v) is 46.8. The highest BCUT2D eigenvalue weighted by atomic mass is 28.4. The van der Waals surface area contributed by atoms with Crippen molar-refractivity contribution in [3.63, 3.8) is 0 Å². The molecule has 1 fully saturated rings. The fraction of sp³-hybridized carbons (Fsp3) is 0.970. The molecule has 49 heteroatoms. The number of carbonyl (C=O) groups excluding carboxylic acids is 2. The maximum atomic E-state index is 15.6. The average Bonchev–Trinajstić information content (AvgIpc) is 0.786. The summed E-state index contributed by atoms with van der Waals surface area (Å²) in [6.07, 6.45) is -31.5. The van der Waals surface area contributed by atoms with Gasteiger partial charge in [-0.2, -0.15) is 35.1 Å². The number of hydrogen-bond acceptors (Lipinski definition) is 26. The predicted octanol–water partition coefficient (Wildman–Crippen LogP) is 15.0. The van der Waals surface area contributed by atoms with Gasteiger partial charge >= 0.3 is 77.3 Å². The average molecular weight is 1820 g/mol. The van der Waals surface area contributed by atoms with Gasteiger partial charge in [-0.3, -0.25) is 19.1 Å². The molecule has 1 rings (SSSR count). The minimum atomic E-state index is -5.59. The van der Waals surface area contributed by atoms with Crippen LogP contribution in [0.15, 0.2) is 0 Å². The molecular formula is C66H123F17O26Si6. The van der Waals surface area contributed by atoms with Crippen LogP contribution in [-0.2, 0) is 118 Å². The van der Waals surface area contributed by atoms with Crippen LogP contribution in [0.25, 0.3) is 0 Å². The summed E-state index contributed by atoms with van der Waals surface area (Å²) < 4.78 is 379. The first-order valence-corrected chi connectivity index (χ1v) is 48.4. The number of Topliss-reactive ketones (excluding diaryl/α,β-unsaturated/α-hetero) is 2. The lowest BCUT2D eigenvalue weighted by atomic mass is 9.72. The van der Waals surface area contributed by atoms with E-state index in [-0.39, 0.29) is 12.8 Å². The molecule has 0 spiro atoms. The highest BCUT2D eigenvalue weighted by Gasteiger charge is 2.58. The molecule has 2 atom stereocenters. The molecule has 0 heterocycles. The predicted molar refractivity (Wildman–Crippen MR) is 389 cm³/mol. The molecule has 0 radical (unpaired) electrons. The molecule has 0 aromatic carbocycles. The van der Waals surface area contributed by atoms with E-state index in [4.69, 9.17) is 79.7 Å². The van der Waals surface area contributed by atoms with E-state index < -0.39 is 226 Å². The maximum absolute atomic E-state index is 15.6. The van der Waals surface area contributed by atoms with Crippen LogP contribution in [-0.4, -0.2) is 292 Å². The van der Waals surface area contributed by atoms with Crippen LogP contribution in [0, 0.1) is 10.8 Å². The van der Waals surface area contributed by atoms with Crippen LogP contribution in [0.4, 0.5) is 74.6 Å². The van der Waals surface area contributed by atoms with E-state index >= 15 is 22.0 Å². The molecule has 0 aromatic heterocycles. The normalized spacial score (nSPS) is 16.8. The van der Waals surface area contributed by atoms with Crippen molar-refractivity contribution in [3.8, 4) is 0 Å². The summed E-state index contributed by atoms with van der Waals surface area (Å²) in [6.45, 7) is -13.5. The van der Waals surface area contributed by atoms with Crippen LogP contribution < -0.4 is 0 Å². The molecule has 0 amide bonds. The summed E-state index contributed by atoms with van der Waals surface area (Å²) in [7, 11) is 6.40. The molecule has 26 nitrogen and oxygen atoms in total. The number of ketones is 2. The molecule has 686 valence electrons. The van der Waals surface area contributed by atoms with Crippen molar-refractivity contribution in [1.29, 1.82) is 0 Å². The molecule has 115 heavy (non-hydrogen) atoms. The summed E-state index contributed by atoms with van der Waals surface area (Å²) in [5.74, 6) is -24.2. The first-order valence-electron chi connectivity index (χ1n) is 36.8. The number of ether oxygens (including phenoxy) is 6. The Labute approximate surface area is 670 Å². The zero-order valence-corrected chi connectivity index (χ0v) is 75.2. The van der Waals surface area contributed by atoms with Gasteiger partial charge in [-0.25, -0.2) is 39.5 Å². The fourth-order valence-electron chi connectivity index (χ4n) is 13.8. The third kappa shape index (κ3) is 39.1. The Balaban J connectivity index is 3.07. The van der Waals surface area contributed by atoms with Crippen molar-refractivity contribution < 1.29 is 192 Å². The Morgan fingerprint density at radius 2 is 0.548 bits per heavy atom. The van der Waals surface area contributed by atoms with E-state index in [2.05, 4.69) is 28.4 Å². The van der Waals surface area contributed by atoms with Crippen LogP contribution in [0.5, 0.6) is 0 Å². The van der Waals surface area contributed by atoms with Crippen molar-refractivity contribution in [2.24, 2.45) is 10.8 Å². The first-order chi connectivity index (χ1) is 53.3. The van der Waals surface area contributed by atoms with Crippen molar-refractivity contribution >= 4 is 64.4 Å². The molecule has 0 aromatic rings. The molecule has 1 aliphatic carbocycles. The van der Waals surface area contributed by atoms with Gasteiger partial charge in [-0.1, -0.05) is 0 Å². The Kier molecular flexibility index (Phi) is 48.3. The van der Waals surface area contributed by atoms with Gasteiger partial charge in [-0.15, -0.1) is 0 Å². The van der Waals surface area contributed by atoms with Gasteiger partial charge in [0.1, 0.15) is 70.2 Å². The number of alkyl halides is 17. The summed E-state index contributed by atoms with van der Waals surface area (Å²) in [6, 6.07) is 1.79. The van der Waals surface area contributed by atoms with Crippen molar-refractivity contribution in [2.75, 3.05) is 168 Å². The fourth-order valence-corrected chi connectivity index (χ4v) is 24.1. The van der Waals surface area contributed by atoms with Crippen molar-refractivity contribution in [2.45, 2.75) is 238 Å². The van der Waals surface area contributed by atoms with Crippen molar-refractivity contribution in [3.05, 3.63) is 0 Å². The Morgan fingerprint density at radius 3 is 0.765 bits per heavy atom. The molecule has 0 N–H and O–H groups in total. The van der Waals surface area contributed by atoms with Gasteiger partial charge in [0.15, 0.2) is 0 Å². The Bertz CT molecular complexity index is 2530. The van der Waals surface area contributed by atoms with Crippen LogP contribution >= 0.6 is 0 Å². The van der Waals surface area contributed by atoms with Gasteiger partial charge in [-0.05, 0) is 107 Å². The number of hydrogen-bond donors (Lipinski definition) is 0. The van der Waals surface area contributed by atoms with E-state index in [0.29, 0.717) is 113 Å². The summed E-state index contributed by atoms with van der Waals surface area (Å²) in [4.78, 5) is 26.8. The van der Waals surface area contributed by atoms with Crippen molar-refractivity contribution in [1.82, 2.24) is 0 Å². The van der Waals surface area contributed by atoms with Gasteiger partial charge in [0.05, 0.1) is 12.8 Å². The first kappa shape index (κ1) is 112. The lowest BCUT2D eigenvalue weighted by Crippen LogP contribution is -2.54. The summed E-state index contributed by atoms with van der Waals surface area (Å²) >= 11 is 0. The molecule has 0 bridgehead atoms. The molecule has 1 aliphatic rings. The molecule has 0 saturated heterocycles. The highest BCUT2D eigenvalue weighted by molar-refractivity contribution is 6.62. The zero-order valence-electron chi connectivity index (χ0n) is 69.2. The quantitative estimate of drug-likeness (QED) is 0.0405. The number of carbonyl (C=O) groups is 2. The minimum absolute atomic E-state index is 0.0103. The van der Waals surface area contributed by atoms with Gasteiger partial charge in [0.2, 0.25) is 5.85 Å². The molecule has 0 aliphatic heterocycles. The SMILES string of the molecule is CO[Si](CCCC(CCC[Si](OC)(OC)OC)(CCC[Si](OC)(OC)OC)CCC(=O)CC(F)(F)COCC(F)(F)OC(F)(F)CC(F)(F)COC1CCC1(F)OCC(F)(F)CC(F)(F)OC(F)(F)COCC(F)(F)CC(=O)CCC(CCC[Si](OC)(OC)OC)(CCC[Si](OC)(OC)OC)CCC[Si](OC)(OC)OC)(OC)OC. The summed E-state index contributed by atoms with van der Waals surface area (Å²) in [5, 5.41) is 0. The third-order valence-electron chi connectivity index (χ3n) is 20.5. The lowest BCUT2D eigenvalue weighted by molar-refractivity contribution is -0.401. The van der Waals surface area contributed by atoms with E-state index in [1.807, 2.05) is 0 Å². The number of halogens is 17. The van der Waals surface area contributed by atoms with Crippen LogP contribution in [0.1, 0.15) is 141 Å². The minimum Gasteiger partial charge on any atom is -0.377 e. The largest absolute Gasteiger partial charge is 0.500 e. The van der Waals surface area contributed by atoms with Crippen LogP contribution in [0.3, 0.4) is 0 Å². The molecule has 2 unspecified atom stereocenters. The zero-order chi connectivity index (χ0) is 88.2. The van der Waals surface area contributed by atoms with E-state index in [1.165, 1.54) is 128 Å². The second kappa shape index (κ2) is 49.8. The second-order valence-electron chi connectivity index (χ2n) is 28.3. The topological polar surface area (TPSA) is 256 Å². The smallest absolute Gasteiger partial charge is 0.377 e. The third-order valence-corrected chi connectivity index (χ3v) is 37.5. The Hall–Kier alpha value is -1.51. The lowest BCUT2D eigenvalue weighted by Gasteiger charge is -2.43. The highest BCUT2D eigenvalue weighted by Crippen LogP contribution is 2.48. The van der Waals surface area contributed by atoms with Gasteiger partial charge < -0.3 is 98.6 Å². The molecular weight excluding hydrogens is 1700 g/mol. The maximum Gasteiger partial charge on any atom is 0.500 e. The van der Waals surface area contributed by atoms with Crippen LogP contribution in [0.2, 0.25) is 36.3 Å². The molecule has 1 saturated carbocycles. The number of rotatable bonds is 74. The standard InChI is InChI=1S/C66H123F17O26Si6/c1-86-110(87-2,88-3)37-19-28-56(29-20-38-111(89-4,90-5)91-6,30-21-39-112(92-7,93-8)94-9)34-25-53(84)43-58(67,68)47-104-51-65(80,81)108-63(76,77)45-60(71,72)49-106-55-27-36-62(55,75)107-50-61(73,74)46-64(78,79)109-66(82,83)52-105-48-59(69,70)44-54(85)26-35-57(31-22-40-113(95-10,96-11)97-12,32-23-41-114(98-13,99-14)100-15)33-24-42-115(101-16,102-17)103-18/h55H,19-52H2,1-18H3. The summed E-state index contributed by atoms with van der Waals surface area (Å²) in [5.41, 5.74) is -1.61. The monoisotopic (exact) mass is 1820 g/mol.